The Hall–Kier alpha value is -2.39. The predicted octanol–water partition coefficient (Wildman–Crippen LogP) is 0.0239. The zero-order valence-electron chi connectivity index (χ0n) is 14.7. The van der Waals surface area contributed by atoms with E-state index in [2.05, 4.69) is 10.6 Å². The molecule has 2 aliphatic rings. The predicted molar refractivity (Wildman–Crippen MR) is 95.8 cm³/mol. The number of nitrogens with one attached hydrogen (secondary N) is 2. The lowest BCUT2D eigenvalue weighted by molar-refractivity contribution is -0.119. The van der Waals surface area contributed by atoms with E-state index in [1.54, 1.807) is 19.1 Å². The van der Waals surface area contributed by atoms with Gasteiger partial charge in [-0.1, -0.05) is 0 Å². The summed E-state index contributed by atoms with van der Waals surface area (Å²) in [5.74, 6) is -0.835. The summed E-state index contributed by atoms with van der Waals surface area (Å²) in [5, 5.41) is 6.14. The van der Waals surface area contributed by atoms with Crippen LogP contribution in [0.15, 0.2) is 18.2 Å². The van der Waals surface area contributed by atoms with Gasteiger partial charge in [-0.2, -0.15) is 0 Å². The first-order chi connectivity index (χ1) is 12.5. The monoisotopic (exact) mass is 365 g/mol. The van der Waals surface area contributed by atoms with E-state index in [4.69, 9.17) is 10.5 Å². The number of amides is 2. The number of carbonyl (C=O) groups excluding carboxylic acids is 2. The van der Waals surface area contributed by atoms with Gasteiger partial charge in [-0.05, 0) is 25.1 Å². The van der Waals surface area contributed by atoms with Crippen LogP contribution in [0.4, 0.5) is 20.6 Å². The number of anilines is 2. The Kier molecular flexibility index (Phi) is 5.58. The van der Waals surface area contributed by atoms with E-state index in [0.29, 0.717) is 17.9 Å². The minimum atomic E-state index is -0.530. The number of piperazine rings is 1. The summed E-state index contributed by atoms with van der Waals surface area (Å²) in [7, 11) is 0. The third-order valence-electron chi connectivity index (χ3n) is 4.65. The van der Waals surface area contributed by atoms with Crippen LogP contribution < -0.4 is 26.2 Å². The average Bonchev–Trinajstić information content (AvgIpc) is 3.01. The van der Waals surface area contributed by atoms with Gasteiger partial charge in [-0.25, -0.2) is 9.18 Å². The molecule has 8 nitrogen and oxygen atoms in total. The molecule has 2 heterocycles. The molecule has 26 heavy (non-hydrogen) atoms. The number of rotatable bonds is 6. The second-order valence-corrected chi connectivity index (χ2v) is 6.52. The zero-order valence-corrected chi connectivity index (χ0v) is 14.7. The standard InChI is InChI=1S/C17H24FN5O3/c1-11(16(19)24)21-9-13-10-23(17(25)26-13)12-2-3-15(14(18)8-12)22-6-4-20-5-7-22/h2-3,8,11,13,20-21H,4-7,9-10H2,1H3,(H2,19,24). The summed E-state index contributed by atoms with van der Waals surface area (Å²) < 4.78 is 19.8. The summed E-state index contributed by atoms with van der Waals surface area (Å²) >= 11 is 0. The molecule has 9 heteroatoms. The van der Waals surface area contributed by atoms with Crippen molar-refractivity contribution in [2.45, 2.75) is 19.1 Å². The second kappa shape index (κ2) is 7.88. The van der Waals surface area contributed by atoms with Gasteiger partial charge >= 0.3 is 6.09 Å². The van der Waals surface area contributed by atoms with Gasteiger partial charge in [0, 0.05) is 32.7 Å². The molecule has 2 unspecified atom stereocenters. The Morgan fingerprint density at radius 3 is 2.85 bits per heavy atom. The molecule has 142 valence electrons. The highest BCUT2D eigenvalue weighted by Gasteiger charge is 2.33. The normalized spacial score (nSPS) is 21.6. The average molecular weight is 365 g/mol. The van der Waals surface area contributed by atoms with Gasteiger partial charge < -0.3 is 26.0 Å². The number of nitrogens with two attached hydrogens (primary N) is 1. The van der Waals surface area contributed by atoms with Gasteiger partial charge in [0.05, 0.1) is 24.0 Å². The van der Waals surface area contributed by atoms with Crippen LogP contribution >= 0.6 is 0 Å². The first-order valence-electron chi connectivity index (χ1n) is 8.72. The van der Waals surface area contributed by atoms with Gasteiger partial charge in [0.15, 0.2) is 0 Å². The third kappa shape index (κ3) is 4.05. The molecule has 2 fully saturated rings. The van der Waals surface area contributed by atoms with E-state index in [9.17, 15) is 14.0 Å². The SMILES string of the molecule is CC(NCC1CN(c2ccc(N3CCNCC3)c(F)c2)C(=O)O1)C(N)=O. The number of halogens is 1. The number of hydrogen-bond donors (Lipinski definition) is 3. The molecular weight excluding hydrogens is 341 g/mol. The molecule has 2 atom stereocenters. The molecule has 0 aromatic heterocycles. The number of hydrogen-bond acceptors (Lipinski definition) is 6. The molecule has 1 aromatic carbocycles. The number of carbonyl (C=O) groups is 2. The third-order valence-corrected chi connectivity index (χ3v) is 4.65. The van der Waals surface area contributed by atoms with Crippen molar-refractivity contribution >= 4 is 23.4 Å². The maximum atomic E-state index is 14.6. The van der Waals surface area contributed by atoms with Crippen LogP contribution in [0, 0.1) is 5.82 Å². The van der Waals surface area contributed by atoms with Crippen LogP contribution in [0.5, 0.6) is 0 Å². The number of cyclic esters (lactones) is 1. The molecule has 0 saturated carbocycles. The van der Waals surface area contributed by atoms with Crippen LogP contribution in [0.25, 0.3) is 0 Å². The Bertz CT molecular complexity index is 680. The van der Waals surface area contributed by atoms with Crippen LogP contribution in [-0.4, -0.2) is 63.4 Å². The molecular formula is C17H24FN5O3. The van der Waals surface area contributed by atoms with Crippen LogP contribution in [0.1, 0.15) is 6.92 Å². The highest BCUT2D eigenvalue weighted by Crippen LogP contribution is 2.28. The maximum absolute atomic E-state index is 14.6. The molecule has 0 spiro atoms. The number of nitrogens with zero attached hydrogens (tertiary/aromatic N) is 2. The van der Waals surface area contributed by atoms with Gasteiger partial charge in [0.2, 0.25) is 5.91 Å². The molecule has 2 amide bonds. The highest BCUT2D eigenvalue weighted by atomic mass is 19.1. The Labute approximate surface area is 151 Å². The molecule has 1 aromatic rings. The first kappa shape index (κ1) is 18.4. The van der Waals surface area contributed by atoms with Gasteiger partial charge in [-0.15, -0.1) is 0 Å². The Morgan fingerprint density at radius 2 is 2.19 bits per heavy atom. The quantitative estimate of drug-likeness (QED) is 0.657. The van der Waals surface area contributed by atoms with Gasteiger partial charge in [-0.3, -0.25) is 9.69 Å². The van der Waals surface area contributed by atoms with Crippen molar-refractivity contribution in [3.8, 4) is 0 Å². The molecule has 4 N–H and O–H groups in total. The van der Waals surface area contributed by atoms with Crippen molar-refractivity contribution < 1.29 is 18.7 Å². The van der Waals surface area contributed by atoms with Crippen molar-refractivity contribution in [1.29, 1.82) is 0 Å². The lowest BCUT2D eigenvalue weighted by Gasteiger charge is -2.30. The first-order valence-corrected chi connectivity index (χ1v) is 8.72. The number of benzene rings is 1. The molecule has 2 saturated heterocycles. The van der Waals surface area contributed by atoms with E-state index < -0.39 is 24.1 Å². The minimum absolute atomic E-state index is 0.281. The van der Waals surface area contributed by atoms with Crippen LogP contribution in [0.2, 0.25) is 0 Å². The summed E-state index contributed by atoms with van der Waals surface area (Å²) in [6, 6.07) is 4.27. The summed E-state index contributed by atoms with van der Waals surface area (Å²) in [6.07, 6.45) is -0.960. The Morgan fingerprint density at radius 1 is 1.46 bits per heavy atom. The largest absolute Gasteiger partial charge is 0.443 e. The van der Waals surface area contributed by atoms with Crippen molar-refractivity contribution in [1.82, 2.24) is 10.6 Å². The van der Waals surface area contributed by atoms with E-state index in [-0.39, 0.29) is 12.4 Å². The number of primary amides is 1. The van der Waals surface area contributed by atoms with E-state index in [0.717, 1.165) is 26.2 Å². The molecule has 0 radical (unpaired) electrons. The van der Waals surface area contributed by atoms with E-state index in [1.165, 1.54) is 11.0 Å². The molecule has 0 aliphatic carbocycles. The summed E-state index contributed by atoms with van der Waals surface area (Å²) in [4.78, 5) is 26.5. The molecule has 2 aliphatic heterocycles. The molecule has 0 bridgehead atoms. The fourth-order valence-electron chi connectivity index (χ4n) is 3.07. The van der Waals surface area contributed by atoms with Crippen LogP contribution in [-0.2, 0) is 9.53 Å². The van der Waals surface area contributed by atoms with Crippen molar-refractivity contribution in [2.24, 2.45) is 5.73 Å². The van der Waals surface area contributed by atoms with Crippen molar-refractivity contribution in [3.63, 3.8) is 0 Å². The van der Waals surface area contributed by atoms with Crippen molar-refractivity contribution in [3.05, 3.63) is 24.0 Å². The molecule has 3 rings (SSSR count). The lowest BCUT2D eigenvalue weighted by Crippen LogP contribution is -2.44. The van der Waals surface area contributed by atoms with Gasteiger partial charge in [0.25, 0.3) is 0 Å². The van der Waals surface area contributed by atoms with E-state index >= 15 is 0 Å². The summed E-state index contributed by atoms with van der Waals surface area (Å²) in [6.45, 7) is 5.34. The topological polar surface area (TPSA) is 99.9 Å². The van der Waals surface area contributed by atoms with E-state index in [1.807, 2.05) is 4.90 Å². The summed E-state index contributed by atoms with van der Waals surface area (Å²) in [5.41, 5.74) is 6.18. The smallest absolute Gasteiger partial charge is 0.414 e. The van der Waals surface area contributed by atoms with Crippen molar-refractivity contribution in [2.75, 3.05) is 49.1 Å². The number of ether oxygens (including phenoxy) is 1. The lowest BCUT2D eigenvalue weighted by atomic mass is 10.2. The fraction of sp³-hybridized carbons (Fsp3) is 0.529. The highest BCUT2D eigenvalue weighted by molar-refractivity contribution is 5.90. The Balaban J connectivity index is 1.64. The maximum Gasteiger partial charge on any atom is 0.414 e. The second-order valence-electron chi connectivity index (χ2n) is 6.52. The minimum Gasteiger partial charge on any atom is -0.443 e. The fourth-order valence-corrected chi connectivity index (χ4v) is 3.07. The van der Waals surface area contributed by atoms with Crippen LogP contribution in [0.3, 0.4) is 0 Å². The zero-order chi connectivity index (χ0) is 18.7. The van der Waals surface area contributed by atoms with Gasteiger partial charge in [0.1, 0.15) is 11.9 Å².